The van der Waals surface area contributed by atoms with Crippen molar-refractivity contribution in [2.24, 2.45) is 0 Å². The van der Waals surface area contributed by atoms with Gasteiger partial charge in [0.05, 0.1) is 26.9 Å². The molecule has 1 amide bonds. The summed E-state index contributed by atoms with van der Waals surface area (Å²) in [6, 6.07) is 4.68. The maximum absolute atomic E-state index is 13.3. The minimum absolute atomic E-state index is 0.0335. The average molecular weight is 416 g/mol. The molecule has 0 radical (unpaired) electrons. The van der Waals surface area contributed by atoms with E-state index in [0.717, 1.165) is 62.0 Å². The van der Waals surface area contributed by atoms with E-state index in [1.54, 1.807) is 17.4 Å². The van der Waals surface area contributed by atoms with Gasteiger partial charge in [0.25, 0.3) is 11.6 Å². The molecule has 2 aromatic rings. The molecule has 29 heavy (non-hydrogen) atoms. The van der Waals surface area contributed by atoms with Gasteiger partial charge in [-0.25, -0.2) is 4.98 Å². The van der Waals surface area contributed by atoms with Crippen molar-refractivity contribution in [3.05, 3.63) is 50.0 Å². The zero-order chi connectivity index (χ0) is 20.4. The molecule has 0 bridgehead atoms. The maximum Gasteiger partial charge on any atom is 0.270 e. The number of amides is 1. The third-order valence-electron chi connectivity index (χ3n) is 5.58. The topological polar surface area (TPSA) is 82.8 Å². The third-order valence-corrected chi connectivity index (χ3v) is 6.40. The number of aromatic nitrogens is 1. The second-order valence-corrected chi connectivity index (χ2v) is 8.64. The van der Waals surface area contributed by atoms with E-state index in [1.807, 2.05) is 11.8 Å². The zero-order valence-electron chi connectivity index (χ0n) is 16.5. The lowest BCUT2D eigenvalue weighted by Gasteiger charge is -2.35. The minimum atomic E-state index is -0.432. The van der Waals surface area contributed by atoms with Crippen LogP contribution in [0.1, 0.15) is 33.9 Å². The minimum Gasteiger partial charge on any atom is -0.371 e. The molecular weight excluding hydrogens is 390 g/mol. The number of rotatable bonds is 5. The molecule has 0 unspecified atom stereocenters. The van der Waals surface area contributed by atoms with Crippen molar-refractivity contribution in [2.75, 3.05) is 44.2 Å². The summed E-state index contributed by atoms with van der Waals surface area (Å²) in [7, 11) is 0. The highest BCUT2D eigenvalue weighted by atomic mass is 32.1. The Morgan fingerprint density at radius 2 is 1.90 bits per heavy atom. The van der Waals surface area contributed by atoms with Gasteiger partial charge in [-0.2, -0.15) is 0 Å². The fourth-order valence-corrected chi connectivity index (χ4v) is 4.64. The predicted molar refractivity (Wildman–Crippen MR) is 113 cm³/mol. The van der Waals surface area contributed by atoms with Crippen LogP contribution in [0, 0.1) is 17.0 Å². The lowest BCUT2D eigenvalue weighted by molar-refractivity contribution is -0.384. The number of benzene rings is 1. The number of thiazole rings is 1. The molecule has 0 aliphatic carbocycles. The summed E-state index contributed by atoms with van der Waals surface area (Å²) in [5.74, 6) is -0.111. The molecule has 3 heterocycles. The first-order valence-corrected chi connectivity index (χ1v) is 10.9. The SMILES string of the molecule is Cc1nc(CN2CCN(C(=O)c3cc([N+](=O)[O-])ccc3N3CCCC3)CC2)cs1. The molecule has 2 aliphatic rings. The van der Waals surface area contributed by atoms with Crippen LogP contribution in [0.2, 0.25) is 0 Å². The van der Waals surface area contributed by atoms with Crippen LogP contribution in [0.15, 0.2) is 23.6 Å². The van der Waals surface area contributed by atoms with Gasteiger partial charge < -0.3 is 9.80 Å². The number of aryl methyl sites for hydroxylation is 1. The second-order valence-electron chi connectivity index (χ2n) is 7.58. The largest absolute Gasteiger partial charge is 0.371 e. The van der Waals surface area contributed by atoms with Gasteiger partial charge in [0.15, 0.2) is 0 Å². The normalized spacial score (nSPS) is 17.7. The van der Waals surface area contributed by atoms with E-state index in [-0.39, 0.29) is 11.6 Å². The van der Waals surface area contributed by atoms with E-state index in [2.05, 4.69) is 20.2 Å². The fourth-order valence-electron chi connectivity index (χ4n) is 4.03. The van der Waals surface area contributed by atoms with Gasteiger partial charge in [0.2, 0.25) is 0 Å². The van der Waals surface area contributed by atoms with Crippen LogP contribution in [-0.4, -0.2) is 64.9 Å². The highest BCUT2D eigenvalue weighted by Gasteiger charge is 2.28. The summed E-state index contributed by atoms with van der Waals surface area (Å²) in [6.45, 7) is 7.35. The molecule has 1 aromatic carbocycles. The van der Waals surface area contributed by atoms with E-state index in [4.69, 9.17) is 0 Å². The van der Waals surface area contributed by atoms with Crippen molar-refractivity contribution in [2.45, 2.75) is 26.3 Å². The van der Waals surface area contributed by atoms with Crippen LogP contribution in [-0.2, 0) is 6.54 Å². The quantitative estimate of drug-likeness (QED) is 0.552. The summed E-state index contributed by atoms with van der Waals surface area (Å²) in [6.07, 6.45) is 2.17. The Bertz CT molecular complexity index is 901. The lowest BCUT2D eigenvalue weighted by atomic mass is 10.1. The number of nitro groups is 1. The first-order valence-electron chi connectivity index (χ1n) is 9.97. The summed E-state index contributed by atoms with van der Waals surface area (Å²) >= 11 is 1.65. The number of hydrogen-bond donors (Lipinski definition) is 0. The van der Waals surface area contributed by atoms with E-state index in [1.165, 1.54) is 12.1 Å². The van der Waals surface area contributed by atoms with E-state index in [0.29, 0.717) is 18.7 Å². The monoisotopic (exact) mass is 415 g/mol. The molecule has 1 aromatic heterocycles. The number of anilines is 1. The van der Waals surface area contributed by atoms with E-state index in [9.17, 15) is 14.9 Å². The molecule has 9 heteroatoms. The van der Waals surface area contributed by atoms with Gasteiger partial charge >= 0.3 is 0 Å². The molecule has 2 fully saturated rings. The Hall–Kier alpha value is -2.52. The maximum atomic E-state index is 13.3. The number of nitro benzene ring substituents is 1. The van der Waals surface area contributed by atoms with Crippen molar-refractivity contribution in [1.82, 2.24) is 14.8 Å². The van der Waals surface area contributed by atoms with Crippen molar-refractivity contribution < 1.29 is 9.72 Å². The summed E-state index contributed by atoms with van der Waals surface area (Å²) in [4.78, 5) is 34.9. The lowest BCUT2D eigenvalue weighted by Crippen LogP contribution is -2.48. The number of carbonyl (C=O) groups is 1. The Morgan fingerprint density at radius 1 is 1.17 bits per heavy atom. The molecular formula is C20H25N5O3S. The van der Waals surface area contributed by atoms with Gasteiger partial charge in [0.1, 0.15) is 0 Å². The van der Waals surface area contributed by atoms with Crippen LogP contribution >= 0.6 is 11.3 Å². The highest BCUT2D eigenvalue weighted by molar-refractivity contribution is 7.09. The van der Waals surface area contributed by atoms with Gasteiger partial charge in [-0.3, -0.25) is 19.8 Å². The van der Waals surface area contributed by atoms with Crippen molar-refractivity contribution in [3.8, 4) is 0 Å². The van der Waals surface area contributed by atoms with Crippen LogP contribution < -0.4 is 4.90 Å². The number of hydrogen-bond acceptors (Lipinski definition) is 7. The van der Waals surface area contributed by atoms with E-state index >= 15 is 0 Å². The van der Waals surface area contributed by atoms with Gasteiger partial charge in [-0.15, -0.1) is 11.3 Å². The van der Waals surface area contributed by atoms with Crippen LogP contribution in [0.3, 0.4) is 0 Å². The average Bonchev–Trinajstić information content (AvgIpc) is 3.39. The number of nitrogens with zero attached hydrogens (tertiary/aromatic N) is 5. The zero-order valence-corrected chi connectivity index (χ0v) is 17.4. The number of non-ortho nitro benzene ring substituents is 1. The summed E-state index contributed by atoms with van der Waals surface area (Å²) < 4.78 is 0. The van der Waals surface area contributed by atoms with Crippen molar-refractivity contribution in [1.29, 1.82) is 0 Å². The summed E-state index contributed by atoms with van der Waals surface area (Å²) in [5, 5.41) is 14.4. The van der Waals surface area contributed by atoms with Crippen LogP contribution in [0.5, 0.6) is 0 Å². The fraction of sp³-hybridized carbons (Fsp3) is 0.500. The number of carbonyl (C=O) groups excluding carboxylic acids is 1. The third kappa shape index (κ3) is 4.40. The first kappa shape index (κ1) is 19.8. The van der Waals surface area contributed by atoms with Gasteiger partial charge in [-0.05, 0) is 25.8 Å². The van der Waals surface area contributed by atoms with Crippen LogP contribution in [0.4, 0.5) is 11.4 Å². The molecule has 2 aliphatic heterocycles. The molecule has 2 saturated heterocycles. The number of piperazine rings is 1. The van der Waals surface area contributed by atoms with E-state index < -0.39 is 4.92 Å². The van der Waals surface area contributed by atoms with Gasteiger partial charge in [-0.1, -0.05) is 0 Å². The first-order chi connectivity index (χ1) is 14.0. The standard InChI is InChI=1S/C20H25N5O3S/c1-15-21-16(14-29-15)13-22-8-10-24(11-9-22)20(26)18-12-17(25(27)28)4-5-19(18)23-6-2-3-7-23/h4-5,12,14H,2-3,6-11,13H2,1H3. The van der Waals surface area contributed by atoms with Crippen LogP contribution in [0.25, 0.3) is 0 Å². The molecule has 8 nitrogen and oxygen atoms in total. The smallest absolute Gasteiger partial charge is 0.270 e. The molecule has 0 N–H and O–H groups in total. The second kappa shape index (κ2) is 8.46. The van der Waals surface area contributed by atoms with Gasteiger partial charge in [0, 0.05) is 63.3 Å². The molecule has 0 saturated carbocycles. The predicted octanol–water partition coefficient (Wildman–Crippen LogP) is 2.92. The van der Waals surface area contributed by atoms with Crippen molar-refractivity contribution in [3.63, 3.8) is 0 Å². The molecule has 0 spiro atoms. The Kier molecular flexibility index (Phi) is 5.77. The Labute approximate surface area is 173 Å². The summed E-state index contributed by atoms with van der Waals surface area (Å²) in [5.41, 5.74) is 2.30. The highest BCUT2D eigenvalue weighted by Crippen LogP contribution is 2.29. The van der Waals surface area contributed by atoms with Crippen molar-refractivity contribution >= 4 is 28.6 Å². The molecule has 154 valence electrons. The Morgan fingerprint density at radius 3 is 2.52 bits per heavy atom. The molecule has 4 rings (SSSR count). The molecule has 0 atom stereocenters. The Balaban J connectivity index is 1.47.